The summed E-state index contributed by atoms with van der Waals surface area (Å²) in [5, 5.41) is 6.35. The molecule has 26 heavy (non-hydrogen) atoms. The van der Waals surface area contributed by atoms with Crippen LogP contribution in [-0.2, 0) is 0 Å². The molecule has 1 aliphatic heterocycles. The first-order chi connectivity index (χ1) is 12.8. The first kappa shape index (κ1) is 19.0. The lowest BCUT2D eigenvalue weighted by molar-refractivity contribution is 0.0950. The Kier molecular flexibility index (Phi) is 7.14. The van der Waals surface area contributed by atoms with Crippen LogP contribution in [0.4, 0.5) is 0 Å². The monoisotopic (exact) mass is 361 g/mol. The average Bonchev–Trinajstić information content (AvgIpc) is 3.19. The van der Waals surface area contributed by atoms with Gasteiger partial charge in [0.1, 0.15) is 0 Å². The zero-order chi connectivity index (χ0) is 18.2. The maximum atomic E-state index is 12.4. The molecule has 3 rings (SSSR count). The van der Waals surface area contributed by atoms with Crippen LogP contribution in [0.15, 0.2) is 18.2 Å². The fourth-order valence-corrected chi connectivity index (χ4v) is 3.63. The van der Waals surface area contributed by atoms with Gasteiger partial charge in [0.15, 0.2) is 11.5 Å². The molecule has 1 saturated heterocycles. The highest BCUT2D eigenvalue weighted by Gasteiger charge is 2.19. The average molecular weight is 361 g/mol. The molecular weight excluding hydrogens is 330 g/mol. The van der Waals surface area contributed by atoms with Crippen LogP contribution in [0.5, 0.6) is 11.5 Å². The molecule has 0 bridgehead atoms. The highest BCUT2D eigenvalue weighted by Crippen LogP contribution is 2.32. The van der Waals surface area contributed by atoms with Gasteiger partial charge in [-0.05, 0) is 56.8 Å². The number of hydrogen-bond donors (Lipinski definition) is 2. The molecule has 0 radical (unpaired) electrons. The minimum absolute atomic E-state index is 0.0592. The van der Waals surface area contributed by atoms with Crippen molar-refractivity contribution in [1.29, 1.82) is 0 Å². The molecule has 0 aromatic heterocycles. The van der Waals surface area contributed by atoms with Crippen LogP contribution in [-0.4, -0.2) is 63.3 Å². The second-order valence-electron chi connectivity index (χ2n) is 7.09. The van der Waals surface area contributed by atoms with Gasteiger partial charge >= 0.3 is 0 Å². The third-order valence-corrected chi connectivity index (χ3v) is 5.17. The first-order valence-corrected chi connectivity index (χ1v) is 9.82. The van der Waals surface area contributed by atoms with Crippen molar-refractivity contribution in [2.24, 2.45) is 0 Å². The number of benzene rings is 1. The summed E-state index contributed by atoms with van der Waals surface area (Å²) in [5.41, 5.74) is 0.614. The largest absolute Gasteiger partial charge is 0.493 e. The van der Waals surface area contributed by atoms with Crippen LogP contribution in [0, 0.1) is 0 Å². The predicted octanol–water partition coefficient (Wildman–Crippen LogP) is 2.04. The van der Waals surface area contributed by atoms with Crippen molar-refractivity contribution in [3.05, 3.63) is 23.8 Å². The third-order valence-electron chi connectivity index (χ3n) is 5.17. The SMILES string of the molecule is COc1cc(C(=O)NCCCN2CCNCC2)ccc1OC1CCCC1. The summed E-state index contributed by atoms with van der Waals surface area (Å²) >= 11 is 0. The maximum absolute atomic E-state index is 12.4. The fraction of sp³-hybridized carbons (Fsp3) is 0.650. The number of ether oxygens (including phenoxy) is 2. The van der Waals surface area contributed by atoms with Crippen molar-refractivity contribution in [3.8, 4) is 11.5 Å². The van der Waals surface area contributed by atoms with Gasteiger partial charge in [-0.2, -0.15) is 0 Å². The molecule has 6 nitrogen and oxygen atoms in total. The van der Waals surface area contributed by atoms with Gasteiger partial charge in [0, 0.05) is 38.3 Å². The van der Waals surface area contributed by atoms with E-state index in [1.807, 2.05) is 12.1 Å². The third kappa shape index (κ3) is 5.35. The number of piperazine rings is 1. The molecule has 2 N–H and O–H groups in total. The van der Waals surface area contributed by atoms with E-state index < -0.39 is 0 Å². The van der Waals surface area contributed by atoms with Gasteiger partial charge in [0.2, 0.25) is 0 Å². The van der Waals surface area contributed by atoms with E-state index >= 15 is 0 Å². The highest BCUT2D eigenvalue weighted by atomic mass is 16.5. The lowest BCUT2D eigenvalue weighted by atomic mass is 10.2. The van der Waals surface area contributed by atoms with Crippen LogP contribution < -0.4 is 20.1 Å². The normalized spacial score (nSPS) is 18.7. The van der Waals surface area contributed by atoms with Crippen molar-refractivity contribution in [3.63, 3.8) is 0 Å². The number of amides is 1. The van der Waals surface area contributed by atoms with Crippen LogP contribution in [0.25, 0.3) is 0 Å². The Morgan fingerprint density at radius 1 is 1.23 bits per heavy atom. The summed E-state index contributed by atoms with van der Waals surface area (Å²) in [4.78, 5) is 14.8. The molecule has 1 saturated carbocycles. The van der Waals surface area contributed by atoms with Crippen molar-refractivity contribution < 1.29 is 14.3 Å². The van der Waals surface area contributed by atoms with Crippen LogP contribution in [0.1, 0.15) is 42.5 Å². The van der Waals surface area contributed by atoms with E-state index in [2.05, 4.69) is 15.5 Å². The number of hydrogen-bond acceptors (Lipinski definition) is 5. The van der Waals surface area contributed by atoms with Crippen molar-refractivity contribution >= 4 is 5.91 Å². The van der Waals surface area contributed by atoms with Gasteiger partial charge in [-0.1, -0.05) is 0 Å². The summed E-state index contributed by atoms with van der Waals surface area (Å²) in [7, 11) is 1.62. The Morgan fingerprint density at radius 2 is 2.00 bits per heavy atom. The number of carbonyl (C=O) groups excluding carboxylic acids is 1. The molecule has 0 spiro atoms. The fourth-order valence-electron chi connectivity index (χ4n) is 3.63. The molecule has 1 aromatic carbocycles. The predicted molar refractivity (Wildman–Crippen MR) is 102 cm³/mol. The van der Waals surface area contributed by atoms with E-state index in [0.29, 0.717) is 17.9 Å². The summed E-state index contributed by atoms with van der Waals surface area (Å²) < 4.78 is 11.5. The van der Waals surface area contributed by atoms with E-state index in [0.717, 1.165) is 57.7 Å². The number of nitrogens with one attached hydrogen (secondary N) is 2. The summed E-state index contributed by atoms with van der Waals surface area (Å²) in [6, 6.07) is 5.45. The Balaban J connectivity index is 1.47. The van der Waals surface area contributed by atoms with E-state index in [-0.39, 0.29) is 12.0 Å². The van der Waals surface area contributed by atoms with E-state index in [1.54, 1.807) is 13.2 Å². The molecule has 6 heteroatoms. The number of methoxy groups -OCH3 is 1. The zero-order valence-electron chi connectivity index (χ0n) is 15.8. The van der Waals surface area contributed by atoms with Crippen molar-refractivity contribution in [1.82, 2.24) is 15.5 Å². The Bertz CT molecular complexity index is 582. The van der Waals surface area contributed by atoms with Crippen LogP contribution >= 0.6 is 0 Å². The summed E-state index contributed by atoms with van der Waals surface area (Å²) in [6.45, 7) is 6.01. The van der Waals surface area contributed by atoms with Crippen molar-refractivity contribution in [2.45, 2.75) is 38.2 Å². The van der Waals surface area contributed by atoms with Gasteiger partial charge < -0.3 is 25.0 Å². The minimum Gasteiger partial charge on any atom is -0.493 e. The minimum atomic E-state index is -0.0592. The van der Waals surface area contributed by atoms with Gasteiger partial charge in [-0.3, -0.25) is 4.79 Å². The van der Waals surface area contributed by atoms with Gasteiger partial charge in [-0.25, -0.2) is 0 Å². The molecule has 1 aliphatic carbocycles. The lowest BCUT2D eigenvalue weighted by Crippen LogP contribution is -2.44. The smallest absolute Gasteiger partial charge is 0.251 e. The quantitative estimate of drug-likeness (QED) is 0.694. The van der Waals surface area contributed by atoms with Crippen LogP contribution in [0.2, 0.25) is 0 Å². The number of carbonyl (C=O) groups is 1. The summed E-state index contributed by atoms with van der Waals surface area (Å²) in [5.74, 6) is 1.30. The molecule has 1 amide bonds. The molecule has 2 fully saturated rings. The number of nitrogens with zero attached hydrogens (tertiary/aromatic N) is 1. The molecule has 1 heterocycles. The summed E-state index contributed by atoms with van der Waals surface area (Å²) in [6.07, 6.45) is 5.87. The van der Waals surface area contributed by atoms with Gasteiger partial charge in [0.25, 0.3) is 5.91 Å². The Labute approximate surface area is 156 Å². The molecule has 2 aliphatic rings. The zero-order valence-corrected chi connectivity index (χ0v) is 15.8. The lowest BCUT2D eigenvalue weighted by Gasteiger charge is -2.27. The molecule has 1 aromatic rings. The van der Waals surface area contributed by atoms with Gasteiger partial charge in [0.05, 0.1) is 13.2 Å². The van der Waals surface area contributed by atoms with E-state index in [9.17, 15) is 4.79 Å². The molecule has 144 valence electrons. The second-order valence-corrected chi connectivity index (χ2v) is 7.09. The Hall–Kier alpha value is -1.79. The first-order valence-electron chi connectivity index (χ1n) is 9.82. The van der Waals surface area contributed by atoms with E-state index in [4.69, 9.17) is 9.47 Å². The van der Waals surface area contributed by atoms with Crippen molar-refractivity contribution in [2.75, 3.05) is 46.4 Å². The second kappa shape index (κ2) is 9.78. The molecule has 0 unspecified atom stereocenters. The topological polar surface area (TPSA) is 62.8 Å². The number of rotatable bonds is 8. The van der Waals surface area contributed by atoms with Gasteiger partial charge in [-0.15, -0.1) is 0 Å². The maximum Gasteiger partial charge on any atom is 0.251 e. The van der Waals surface area contributed by atoms with Crippen LogP contribution in [0.3, 0.4) is 0 Å². The standard InChI is InChI=1S/C20H31N3O3/c1-25-19-15-16(7-8-18(19)26-17-5-2-3-6-17)20(24)22-9-4-12-23-13-10-21-11-14-23/h7-8,15,17,21H,2-6,9-14H2,1H3,(H,22,24). The molecule has 0 atom stereocenters. The molecular formula is C20H31N3O3. The Morgan fingerprint density at radius 3 is 2.73 bits per heavy atom. The van der Waals surface area contributed by atoms with E-state index in [1.165, 1.54) is 12.8 Å². The highest BCUT2D eigenvalue weighted by molar-refractivity contribution is 5.94.